The first-order chi connectivity index (χ1) is 10.1. The molecule has 3 rings (SSSR count). The average molecular weight is 291 g/mol. The summed E-state index contributed by atoms with van der Waals surface area (Å²) in [6.45, 7) is 8.10. The summed E-state index contributed by atoms with van der Waals surface area (Å²) in [4.78, 5) is 21.3. The van der Waals surface area contributed by atoms with Crippen LogP contribution in [0.4, 0.5) is 0 Å². The first-order valence-corrected chi connectivity index (χ1v) is 8.11. The number of hydrogen-bond acceptors (Lipinski definition) is 4. The van der Waals surface area contributed by atoms with Gasteiger partial charge in [0.2, 0.25) is 5.82 Å². The number of nitrogens with one attached hydrogen (secondary N) is 1. The van der Waals surface area contributed by atoms with Gasteiger partial charge in [0.15, 0.2) is 0 Å². The van der Waals surface area contributed by atoms with Crippen LogP contribution < -0.4 is 0 Å². The first kappa shape index (κ1) is 14.5. The van der Waals surface area contributed by atoms with Gasteiger partial charge in [-0.25, -0.2) is 4.98 Å². The normalized spacial score (nSPS) is 24.0. The van der Waals surface area contributed by atoms with E-state index >= 15 is 0 Å². The lowest BCUT2D eigenvalue weighted by atomic mass is 10.1. The summed E-state index contributed by atoms with van der Waals surface area (Å²) < 4.78 is 0. The zero-order chi connectivity index (χ0) is 14.8. The van der Waals surface area contributed by atoms with E-state index in [1.165, 1.54) is 32.4 Å². The summed E-state index contributed by atoms with van der Waals surface area (Å²) in [5.41, 5.74) is 0. The van der Waals surface area contributed by atoms with E-state index < -0.39 is 0 Å². The third-order valence-corrected chi connectivity index (χ3v) is 4.60. The third kappa shape index (κ3) is 3.10. The Balaban J connectivity index is 1.60. The second-order valence-corrected chi connectivity index (χ2v) is 6.49. The number of H-pyrrole nitrogens is 1. The molecule has 2 saturated heterocycles. The Hall–Kier alpha value is -1.43. The van der Waals surface area contributed by atoms with Gasteiger partial charge in [0.05, 0.1) is 0 Å². The zero-order valence-corrected chi connectivity index (χ0v) is 13.0. The van der Waals surface area contributed by atoms with Crippen LogP contribution in [0.25, 0.3) is 0 Å². The lowest BCUT2D eigenvalue weighted by Crippen LogP contribution is -2.41. The van der Waals surface area contributed by atoms with Crippen molar-refractivity contribution < 1.29 is 4.79 Å². The van der Waals surface area contributed by atoms with E-state index in [1.807, 2.05) is 18.7 Å². The van der Waals surface area contributed by atoms with Gasteiger partial charge in [0, 0.05) is 25.0 Å². The van der Waals surface area contributed by atoms with Crippen molar-refractivity contribution in [1.29, 1.82) is 0 Å². The number of hydrogen-bond donors (Lipinski definition) is 1. The highest BCUT2D eigenvalue weighted by molar-refractivity contribution is 5.90. The van der Waals surface area contributed by atoms with Gasteiger partial charge < -0.3 is 4.90 Å². The maximum Gasteiger partial charge on any atom is 0.293 e. The number of carbonyl (C=O) groups is 1. The Kier molecular flexibility index (Phi) is 4.24. The van der Waals surface area contributed by atoms with Crippen LogP contribution in [0.3, 0.4) is 0 Å². The van der Waals surface area contributed by atoms with Gasteiger partial charge in [-0.3, -0.25) is 14.8 Å². The van der Waals surface area contributed by atoms with Crippen molar-refractivity contribution in [3.63, 3.8) is 0 Å². The highest BCUT2D eigenvalue weighted by Gasteiger charge is 2.32. The van der Waals surface area contributed by atoms with Crippen LogP contribution in [0.5, 0.6) is 0 Å². The van der Waals surface area contributed by atoms with E-state index in [9.17, 15) is 4.79 Å². The van der Waals surface area contributed by atoms with Gasteiger partial charge in [-0.15, -0.1) is 5.10 Å². The summed E-state index contributed by atoms with van der Waals surface area (Å²) in [5.74, 6) is 1.33. The quantitative estimate of drug-likeness (QED) is 0.919. The zero-order valence-electron chi connectivity index (χ0n) is 13.0. The maximum atomic E-state index is 12.5. The number of piperidine rings is 1. The molecule has 1 aromatic rings. The van der Waals surface area contributed by atoms with Gasteiger partial charge in [-0.05, 0) is 32.4 Å². The van der Waals surface area contributed by atoms with Crippen LogP contribution in [-0.2, 0) is 0 Å². The van der Waals surface area contributed by atoms with Crippen LogP contribution >= 0.6 is 0 Å². The van der Waals surface area contributed by atoms with Crippen LogP contribution in [0.2, 0.25) is 0 Å². The predicted octanol–water partition coefficient (Wildman–Crippen LogP) is 1.63. The highest BCUT2D eigenvalue weighted by atomic mass is 16.2. The van der Waals surface area contributed by atoms with Crippen molar-refractivity contribution in [3.8, 4) is 0 Å². The molecule has 3 heterocycles. The number of rotatable bonds is 3. The fraction of sp³-hybridized carbons (Fsp3) is 0.800. The number of aromatic nitrogens is 3. The number of aromatic amines is 1. The summed E-state index contributed by atoms with van der Waals surface area (Å²) in [7, 11) is 0. The topological polar surface area (TPSA) is 65.1 Å². The Morgan fingerprint density at radius 2 is 2.00 bits per heavy atom. The van der Waals surface area contributed by atoms with E-state index in [2.05, 4.69) is 20.1 Å². The molecule has 0 saturated carbocycles. The van der Waals surface area contributed by atoms with Crippen LogP contribution in [0.1, 0.15) is 61.9 Å². The summed E-state index contributed by atoms with van der Waals surface area (Å²) in [5, 5.41) is 6.94. The molecule has 2 aliphatic rings. The van der Waals surface area contributed by atoms with E-state index in [4.69, 9.17) is 0 Å². The van der Waals surface area contributed by atoms with Crippen molar-refractivity contribution in [2.75, 3.05) is 26.2 Å². The molecule has 1 unspecified atom stereocenters. The molecule has 0 aliphatic carbocycles. The summed E-state index contributed by atoms with van der Waals surface area (Å²) in [6.07, 6.45) is 5.01. The van der Waals surface area contributed by atoms with E-state index in [-0.39, 0.29) is 11.8 Å². The Labute approximate surface area is 125 Å². The van der Waals surface area contributed by atoms with Crippen molar-refractivity contribution in [1.82, 2.24) is 25.0 Å². The monoisotopic (exact) mass is 291 g/mol. The molecule has 1 N–H and O–H groups in total. The molecule has 2 aliphatic heterocycles. The van der Waals surface area contributed by atoms with Gasteiger partial charge in [-0.2, -0.15) is 0 Å². The first-order valence-electron chi connectivity index (χ1n) is 8.11. The Bertz CT molecular complexity index is 492. The molecule has 0 aromatic carbocycles. The van der Waals surface area contributed by atoms with E-state index in [1.54, 1.807) is 0 Å². The van der Waals surface area contributed by atoms with Crippen molar-refractivity contribution in [3.05, 3.63) is 11.6 Å². The smallest absolute Gasteiger partial charge is 0.293 e. The SMILES string of the molecule is CC(C)c1nc(C(=O)N2CCC(N3CCCCC3)C2)n[nH]1. The minimum atomic E-state index is -0.0299. The summed E-state index contributed by atoms with van der Waals surface area (Å²) >= 11 is 0. The molecule has 1 atom stereocenters. The molecule has 116 valence electrons. The predicted molar refractivity (Wildman–Crippen MR) is 80.2 cm³/mol. The van der Waals surface area contributed by atoms with Crippen LogP contribution in [0, 0.1) is 0 Å². The fourth-order valence-electron chi connectivity index (χ4n) is 3.28. The molecule has 0 radical (unpaired) electrons. The molecule has 0 bridgehead atoms. The lowest BCUT2D eigenvalue weighted by Gasteiger charge is -2.32. The van der Waals surface area contributed by atoms with E-state index in [0.29, 0.717) is 11.9 Å². The van der Waals surface area contributed by atoms with E-state index in [0.717, 1.165) is 25.3 Å². The number of carbonyl (C=O) groups excluding carboxylic acids is 1. The molecular weight excluding hydrogens is 266 g/mol. The Morgan fingerprint density at radius 3 is 2.67 bits per heavy atom. The molecule has 6 nitrogen and oxygen atoms in total. The van der Waals surface area contributed by atoms with Gasteiger partial charge in [0.1, 0.15) is 5.82 Å². The molecule has 1 amide bonds. The van der Waals surface area contributed by atoms with Crippen LogP contribution in [0.15, 0.2) is 0 Å². The van der Waals surface area contributed by atoms with Gasteiger partial charge >= 0.3 is 0 Å². The number of nitrogens with zero attached hydrogens (tertiary/aromatic N) is 4. The molecule has 2 fully saturated rings. The lowest BCUT2D eigenvalue weighted by molar-refractivity contribution is 0.0760. The third-order valence-electron chi connectivity index (χ3n) is 4.60. The van der Waals surface area contributed by atoms with Crippen molar-refractivity contribution >= 4 is 5.91 Å². The standard InChI is InChI=1S/C15H25N5O/c1-11(2)13-16-14(18-17-13)15(21)20-9-6-12(10-20)19-7-4-3-5-8-19/h11-12H,3-10H2,1-2H3,(H,16,17,18). The minimum Gasteiger partial charge on any atom is -0.334 e. The number of amides is 1. The second kappa shape index (κ2) is 6.13. The Morgan fingerprint density at radius 1 is 1.24 bits per heavy atom. The largest absolute Gasteiger partial charge is 0.334 e. The molecule has 1 aromatic heterocycles. The molecular formula is C15H25N5O. The van der Waals surface area contributed by atoms with Crippen molar-refractivity contribution in [2.45, 2.75) is 51.5 Å². The van der Waals surface area contributed by atoms with Crippen molar-refractivity contribution in [2.24, 2.45) is 0 Å². The number of likely N-dealkylation sites (tertiary alicyclic amines) is 2. The fourth-order valence-corrected chi connectivity index (χ4v) is 3.28. The second-order valence-electron chi connectivity index (χ2n) is 6.49. The maximum absolute atomic E-state index is 12.5. The highest BCUT2D eigenvalue weighted by Crippen LogP contribution is 2.21. The molecule has 0 spiro atoms. The molecule has 6 heteroatoms. The van der Waals surface area contributed by atoms with Crippen LogP contribution in [-0.4, -0.2) is 63.1 Å². The molecule has 21 heavy (non-hydrogen) atoms. The average Bonchev–Trinajstić information content (AvgIpc) is 3.17. The summed E-state index contributed by atoms with van der Waals surface area (Å²) in [6, 6.07) is 0.526. The van der Waals surface area contributed by atoms with Gasteiger partial charge in [-0.1, -0.05) is 20.3 Å². The van der Waals surface area contributed by atoms with Gasteiger partial charge in [0.25, 0.3) is 5.91 Å². The minimum absolute atomic E-state index is 0.0299.